The van der Waals surface area contributed by atoms with Crippen molar-refractivity contribution in [3.05, 3.63) is 26.8 Å². The van der Waals surface area contributed by atoms with E-state index in [2.05, 4.69) is 27.9 Å². The average molecular weight is 424 g/mol. The van der Waals surface area contributed by atoms with Gasteiger partial charge >= 0.3 is 6.09 Å². The van der Waals surface area contributed by atoms with Gasteiger partial charge in [-0.2, -0.15) is 0 Å². The number of carbonyl (C=O) groups is 1. The zero-order valence-corrected chi connectivity index (χ0v) is 15.2. The van der Waals surface area contributed by atoms with Gasteiger partial charge in [-0.1, -0.05) is 11.6 Å². The summed E-state index contributed by atoms with van der Waals surface area (Å²) in [6, 6.07) is 5.48. The molecule has 2 rings (SSSR count). The monoisotopic (exact) mass is 423 g/mol. The quantitative estimate of drug-likeness (QED) is 0.731. The zero-order chi connectivity index (χ0) is 15.7. The van der Waals surface area contributed by atoms with E-state index in [1.807, 2.05) is 32.9 Å². The fraction of sp³-hybridized carbons (Fsp3) is 0.533. The molecular weight excluding hydrogens is 405 g/mol. The van der Waals surface area contributed by atoms with E-state index < -0.39 is 11.7 Å². The highest BCUT2D eigenvalue weighted by Crippen LogP contribution is 2.37. The van der Waals surface area contributed by atoms with Crippen LogP contribution >= 0.6 is 34.2 Å². The van der Waals surface area contributed by atoms with Crippen LogP contribution in [0.4, 0.5) is 4.79 Å². The molecule has 1 aliphatic carbocycles. The SMILES string of the molecule is CC(C)(C)OC(=O)NC1(COc2ccc(Cl)cc2I)CC1. The van der Waals surface area contributed by atoms with Gasteiger partial charge < -0.3 is 14.8 Å². The number of nitrogens with one attached hydrogen (secondary N) is 1. The van der Waals surface area contributed by atoms with Gasteiger partial charge in [-0.15, -0.1) is 0 Å². The van der Waals surface area contributed by atoms with Crippen molar-refractivity contribution in [3.8, 4) is 5.75 Å². The molecule has 0 bridgehead atoms. The van der Waals surface area contributed by atoms with E-state index in [9.17, 15) is 4.79 Å². The lowest BCUT2D eigenvalue weighted by Gasteiger charge is -2.23. The third kappa shape index (κ3) is 5.21. The number of alkyl carbamates (subject to hydrolysis) is 1. The maximum Gasteiger partial charge on any atom is 0.408 e. The first-order valence-electron chi connectivity index (χ1n) is 6.78. The van der Waals surface area contributed by atoms with Crippen molar-refractivity contribution in [2.24, 2.45) is 0 Å². The van der Waals surface area contributed by atoms with E-state index in [4.69, 9.17) is 21.1 Å². The Hall–Kier alpha value is -0.690. The molecule has 1 aromatic carbocycles. The van der Waals surface area contributed by atoms with Crippen molar-refractivity contribution in [1.29, 1.82) is 0 Å². The van der Waals surface area contributed by atoms with Gasteiger partial charge in [0, 0.05) is 5.02 Å². The van der Waals surface area contributed by atoms with E-state index in [-0.39, 0.29) is 5.54 Å². The second kappa shape index (κ2) is 6.20. The molecule has 6 heteroatoms. The molecule has 1 saturated carbocycles. The first kappa shape index (κ1) is 16.7. The van der Waals surface area contributed by atoms with Crippen LogP contribution in [0.2, 0.25) is 5.02 Å². The van der Waals surface area contributed by atoms with Gasteiger partial charge in [0.1, 0.15) is 18.0 Å². The molecular formula is C15H19ClINO3. The van der Waals surface area contributed by atoms with Gasteiger partial charge in [0.2, 0.25) is 0 Å². The summed E-state index contributed by atoms with van der Waals surface area (Å²) in [6.07, 6.45) is 1.40. The predicted molar refractivity (Wildman–Crippen MR) is 91.0 cm³/mol. The number of hydrogen-bond donors (Lipinski definition) is 1. The van der Waals surface area contributed by atoms with E-state index in [1.165, 1.54) is 0 Å². The van der Waals surface area contributed by atoms with E-state index in [1.54, 1.807) is 6.07 Å². The lowest BCUT2D eigenvalue weighted by molar-refractivity contribution is 0.0477. The molecule has 21 heavy (non-hydrogen) atoms. The summed E-state index contributed by atoms with van der Waals surface area (Å²) in [5.74, 6) is 0.775. The first-order chi connectivity index (χ1) is 9.69. The molecule has 0 saturated heterocycles. The Morgan fingerprint density at radius 2 is 2.10 bits per heavy atom. The lowest BCUT2D eigenvalue weighted by atomic mass is 10.2. The van der Waals surface area contributed by atoms with Crippen molar-refractivity contribution >= 4 is 40.3 Å². The van der Waals surface area contributed by atoms with Gasteiger partial charge in [0.15, 0.2) is 0 Å². The van der Waals surface area contributed by atoms with Crippen LogP contribution in [0.3, 0.4) is 0 Å². The fourth-order valence-corrected chi connectivity index (χ4v) is 2.81. The van der Waals surface area contributed by atoms with Crippen molar-refractivity contribution in [2.75, 3.05) is 6.61 Å². The average Bonchev–Trinajstić information content (AvgIpc) is 3.05. The van der Waals surface area contributed by atoms with Crippen molar-refractivity contribution in [3.63, 3.8) is 0 Å². The third-order valence-electron chi connectivity index (χ3n) is 3.02. The number of halogens is 2. The van der Waals surface area contributed by atoms with E-state index in [0.29, 0.717) is 11.6 Å². The maximum atomic E-state index is 11.8. The molecule has 1 fully saturated rings. The smallest absolute Gasteiger partial charge is 0.408 e. The van der Waals surface area contributed by atoms with Gasteiger partial charge in [0.25, 0.3) is 0 Å². The number of ether oxygens (including phenoxy) is 2. The van der Waals surface area contributed by atoms with Crippen LogP contribution in [0.5, 0.6) is 5.75 Å². The Kier molecular flexibility index (Phi) is 4.92. The van der Waals surface area contributed by atoms with E-state index >= 15 is 0 Å². The Bertz CT molecular complexity index is 538. The van der Waals surface area contributed by atoms with Crippen molar-refractivity contribution in [2.45, 2.75) is 44.8 Å². The lowest BCUT2D eigenvalue weighted by Crippen LogP contribution is -2.44. The Labute approximate surface area is 143 Å². The minimum absolute atomic E-state index is 0.301. The molecule has 0 unspecified atom stereocenters. The zero-order valence-electron chi connectivity index (χ0n) is 12.3. The van der Waals surface area contributed by atoms with Crippen LogP contribution in [0.1, 0.15) is 33.6 Å². The molecule has 0 atom stereocenters. The topological polar surface area (TPSA) is 47.6 Å². The number of carbonyl (C=O) groups excluding carboxylic acids is 1. The predicted octanol–water partition coefficient (Wildman–Crippen LogP) is 4.38. The van der Waals surface area contributed by atoms with E-state index in [0.717, 1.165) is 22.2 Å². The number of benzene rings is 1. The highest BCUT2D eigenvalue weighted by Gasteiger charge is 2.46. The Balaban J connectivity index is 1.89. The molecule has 1 aromatic rings. The molecule has 0 heterocycles. The summed E-state index contributed by atoms with van der Waals surface area (Å²) >= 11 is 8.10. The minimum atomic E-state index is -0.493. The molecule has 0 aliphatic heterocycles. The summed E-state index contributed by atoms with van der Waals surface area (Å²) < 4.78 is 12.0. The Morgan fingerprint density at radius 1 is 1.43 bits per heavy atom. The molecule has 0 radical (unpaired) electrons. The third-order valence-corrected chi connectivity index (χ3v) is 4.10. The number of amides is 1. The molecule has 1 aliphatic rings. The van der Waals surface area contributed by atoms with Gasteiger partial charge in [-0.25, -0.2) is 4.79 Å². The van der Waals surface area contributed by atoms with Crippen molar-refractivity contribution < 1.29 is 14.3 Å². The summed E-state index contributed by atoms with van der Waals surface area (Å²) in [7, 11) is 0. The van der Waals surface area contributed by atoms with Gasteiger partial charge in [-0.05, 0) is 74.4 Å². The molecule has 1 N–H and O–H groups in total. The second-order valence-electron chi connectivity index (χ2n) is 6.27. The maximum absolute atomic E-state index is 11.8. The molecule has 0 aromatic heterocycles. The van der Waals surface area contributed by atoms with Gasteiger partial charge in [0.05, 0.1) is 9.11 Å². The standard InChI is InChI=1S/C15H19ClINO3/c1-14(2,3)21-13(19)18-15(6-7-15)9-20-12-5-4-10(16)8-11(12)17/h4-5,8H,6-7,9H2,1-3H3,(H,18,19). The Morgan fingerprint density at radius 3 is 2.62 bits per heavy atom. The van der Waals surface area contributed by atoms with Crippen LogP contribution in [-0.4, -0.2) is 23.8 Å². The largest absolute Gasteiger partial charge is 0.490 e. The highest BCUT2D eigenvalue weighted by atomic mass is 127. The van der Waals surface area contributed by atoms with Crippen LogP contribution < -0.4 is 10.1 Å². The highest BCUT2D eigenvalue weighted by molar-refractivity contribution is 14.1. The fourth-order valence-electron chi connectivity index (χ4n) is 1.78. The molecule has 116 valence electrons. The molecule has 0 spiro atoms. The van der Waals surface area contributed by atoms with Crippen LogP contribution in [0, 0.1) is 3.57 Å². The van der Waals surface area contributed by atoms with Crippen LogP contribution in [-0.2, 0) is 4.74 Å². The van der Waals surface area contributed by atoms with Gasteiger partial charge in [-0.3, -0.25) is 0 Å². The minimum Gasteiger partial charge on any atom is -0.490 e. The number of rotatable bonds is 4. The second-order valence-corrected chi connectivity index (χ2v) is 7.87. The summed E-state index contributed by atoms with van der Waals surface area (Å²) in [5, 5.41) is 3.59. The summed E-state index contributed by atoms with van der Waals surface area (Å²) in [4.78, 5) is 11.8. The summed E-state index contributed by atoms with van der Waals surface area (Å²) in [6.45, 7) is 5.97. The molecule has 4 nitrogen and oxygen atoms in total. The summed E-state index contributed by atoms with van der Waals surface area (Å²) in [5.41, 5.74) is -0.794. The normalized spacial score (nSPS) is 16.2. The van der Waals surface area contributed by atoms with Crippen LogP contribution in [0.15, 0.2) is 18.2 Å². The van der Waals surface area contributed by atoms with Crippen molar-refractivity contribution in [1.82, 2.24) is 5.32 Å². The van der Waals surface area contributed by atoms with Crippen LogP contribution in [0.25, 0.3) is 0 Å². The number of hydrogen-bond acceptors (Lipinski definition) is 3. The first-order valence-corrected chi connectivity index (χ1v) is 8.24. The molecule has 1 amide bonds.